The van der Waals surface area contributed by atoms with E-state index in [1.807, 2.05) is 30.3 Å². The average Bonchev–Trinajstić information content (AvgIpc) is 2.75. The number of hydrogen-bond donors (Lipinski definition) is 1. The van der Waals surface area contributed by atoms with Crippen molar-refractivity contribution in [1.82, 2.24) is 4.90 Å². The van der Waals surface area contributed by atoms with Gasteiger partial charge >= 0.3 is 0 Å². The second-order valence-corrected chi connectivity index (χ2v) is 6.77. The van der Waals surface area contributed by atoms with E-state index in [1.165, 1.54) is 4.90 Å². The van der Waals surface area contributed by atoms with E-state index in [0.29, 0.717) is 17.2 Å². The molecule has 1 N–H and O–H groups in total. The van der Waals surface area contributed by atoms with Crippen LogP contribution >= 0.6 is 0 Å². The highest BCUT2D eigenvalue weighted by Gasteiger charge is 2.34. The van der Waals surface area contributed by atoms with Crippen LogP contribution in [0.5, 0.6) is 11.5 Å². The molecular formula is C22H26N2O5. The summed E-state index contributed by atoms with van der Waals surface area (Å²) < 4.78 is 16.0. The SMILES string of the molecule is CCc1cccc(NC(=O)[C@@H]2COCC(=O)N2Cc2ccc(OC)cc2OC)c1. The van der Waals surface area contributed by atoms with Crippen molar-refractivity contribution in [2.45, 2.75) is 25.9 Å². The van der Waals surface area contributed by atoms with Crippen LogP contribution in [0.4, 0.5) is 5.69 Å². The number of carbonyl (C=O) groups excluding carboxylic acids is 2. The highest BCUT2D eigenvalue weighted by Crippen LogP contribution is 2.27. The van der Waals surface area contributed by atoms with Gasteiger partial charge in [0.25, 0.3) is 0 Å². The lowest BCUT2D eigenvalue weighted by Gasteiger charge is -2.34. The maximum absolute atomic E-state index is 12.9. The van der Waals surface area contributed by atoms with Crippen molar-refractivity contribution in [1.29, 1.82) is 0 Å². The molecule has 1 saturated heterocycles. The summed E-state index contributed by atoms with van der Waals surface area (Å²) in [6.07, 6.45) is 0.873. The number of benzene rings is 2. The summed E-state index contributed by atoms with van der Waals surface area (Å²) in [6.45, 7) is 2.39. The minimum absolute atomic E-state index is 0.0480. The van der Waals surface area contributed by atoms with E-state index in [9.17, 15) is 9.59 Å². The van der Waals surface area contributed by atoms with Gasteiger partial charge in [-0.1, -0.05) is 19.1 Å². The first-order chi connectivity index (χ1) is 14.0. The van der Waals surface area contributed by atoms with Gasteiger partial charge < -0.3 is 24.4 Å². The summed E-state index contributed by atoms with van der Waals surface area (Å²) in [5.74, 6) is 0.734. The molecule has 1 atom stereocenters. The van der Waals surface area contributed by atoms with Crippen molar-refractivity contribution in [2.75, 3.05) is 32.8 Å². The summed E-state index contributed by atoms with van der Waals surface area (Å²) in [7, 11) is 3.14. The van der Waals surface area contributed by atoms with Crippen LogP contribution in [-0.2, 0) is 27.3 Å². The Labute approximate surface area is 170 Å². The Bertz CT molecular complexity index is 883. The van der Waals surface area contributed by atoms with Gasteiger partial charge in [-0.25, -0.2) is 0 Å². The third-order valence-electron chi connectivity index (χ3n) is 4.94. The number of carbonyl (C=O) groups is 2. The molecule has 1 aliphatic heterocycles. The smallest absolute Gasteiger partial charge is 0.249 e. The van der Waals surface area contributed by atoms with E-state index >= 15 is 0 Å². The molecular weight excluding hydrogens is 372 g/mol. The van der Waals surface area contributed by atoms with Gasteiger partial charge in [0.15, 0.2) is 0 Å². The first kappa shape index (κ1) is 20.7. The zero-order chi connectivity index (χ0) is 20.8. The van der Waals surface area contributed by atoms with Gasteiger partial charge in [0.2, 0.25) is 11.8 Å². The summed E-state index contributed by atoms with van der Waals surface area (Å²) in [4.78, 5) is 27.0. The predicted molar refractivity (Wildman–Crippen MR) is 109 cm³/mol. The molecule has 2 aromatic rings. The molecule has 29 heavy (non-hydrogen) atoms. The van der Waals surface area contributed by atoms with Crippen molar-refractivity contribution in [3.05, 3.63) is 53.6 Å². The minimum Gasteiger partial charge on any atom is -0.497 e. The molecule has 2 amide bonds. The molecule has 0 radical (unpaired) electrons. The number of nitrogens with one attached hydrogen (secondary N) is 1. The normalized spacial score (nSPS) is 16.4. The lowest BCUT2D eigenvalue weighted by molar-refractivity contribution is -0.154. The highest BCUT2D eigenvalue weighted by atomic mass is 16.5. The number of ether oxygens (including phenoxy) is 3. The summed E-state index contributed by atoms with van der Waals surface area (Å²) in [5, 5.41) is 2.91. The number of rotatable bonds is 7. The number of morpholine rings is 1. The lowest BCUT2D eigenvalue weighted by Crippen LogP contribution is -2.54. The van der Waals surface area contributed by atoms with Crippen molar-refractivity contribution >= 4 is 17.5 Å². The third kappa shape index (κ3) is 4.86. The molecule has 0 unspecified atom stereocenters. The Kier molecular flexibility index (Phi) is 6.72. The molecule has 0 bridgehead atoms. The molecule has 0 spiro atoms. The van der Waals surface area contributed by atoms with Crippen LogP contribution in [0.2, 0.25) is 0 Å². The number of nitrogens with zero attached hydrogens (tertiary/aromatic N) is 1. The van der Waals surface area contributed by atoms with Gasteiger partial charge in [0.05, 0.1) is 27.4 Å². The second kappa shape index (κ2) is 9.43. The van der Waals surface area contributed by atoms with Crippen LogP contribution in [0.25, 0.3) is 0 Å². The lowest BCUT2D eigenvalue weighted by atomic mass is 10.1. The van der Waals surface area contributed by atoms with Gasteiger partial charge in [-0.3, -0.25) is 9.59 Å². The van der Waals surface area contributed by atoms with Crippen LogP contribution in [0, 0.1) is 0 Å². The molecule has 7 nitrogen and oxygen atoms in total. The highest BCUT2D eigenvalue weighted by molar-refractivity contribution is 5.98. The number of anilines is 1. The molecule has 2 aromatic carbocycles. The molecule has 7 heteroatoms. The van der Waals surface area contributed by atoms with Crippen LogP contribution in [-0.4, -0.2) is 50.2 Å². The number of aryl methyl sites for hydroxylation is 1. The first-order valence-corrected chi connectivity index (χ1v) is 9.53. The zero-order valence-corrected chi connectivity index (χ0v) is 16.9. The van der Waals surface area contributed by atoms with E-state index in [-0.39, 0.29) is 31.6 Å². The van der Waals surface area contributed by atoms with Gasteiger partial charge in [0, 0.05) is 17.3 Å². The Morgan fingerprint density at radius 2 is 2.03 bits per heavy atom. The van der Waals surface area contributed by atoms with Gasteiger partial charge in [-0.05, 0) is 36.2 Å². The molecule has 0 saturated carbocycles. The zero-order valence-electron chi connectivity index (χ0n) is 16.9. The fourth-order valence-corrected chi connectivity index (χ4v) is 3.28. The molecule has 1 fully saturated rings. The first-order valence-electron chi connectivity index (χ1n) is 9.53. The van der Waals surface area contributed by atoms with Crippen LogP contribution < -0.4 is 14.8 Å². The van der Waals surface area contributed by atoms with Crippen molar-refractivity contribution in [3.63, 3.8) is 0 Å². The Morgan fingerprint density at radius 1 is 1.21 bits per heavy atom. The Balaban J connectivity index is 1.80. The second-order valence-electron chi connectivity index (χ2n) is 6.77. The van der Waals surface area contributed by atoms with E-state index in [2.05, 4.69) is 12.2 Å². The summed E-state index contributed by atoms with van der Waals surface area (Å²) in [6, 6.07) is 12.3. The molecule has 1 aliphatic rings. The summed E-state index contributed by atoms with van der Waals surface area (Å²) >= 11 is 0. The van der Waals surface area contributed by atoms with Crippen molar-refractivity contribution in [3.8, 4) is 11.5 Å². The average molecular weight is 398 g/mol. The Hall–Kier alpha value is -3.06. The standard InChI is InChI=1S/C22H26N2O5/c1-4-15-6-5-7-17(10-15)23-22(26)19-13-29-14-21(25)24(19)12-16-8-9-18(27-2)11-20(16)28-3/h5-11,19H,4,12-14H2,1-3H3,(H,23,26)/t19-/m0/s1. The van der Waals surface area contributed by atoms with Gasteiger partial charge in [-0.15, -0.1) is 0 Å². The number of hydrogen-bond acceptors (Lipinski definition) is 5. The molecule has 3 rings (SSSR count). The molecule has 154 valence electrons. The topological polar surface area (TPSA) is 77.1 Å². The molecule has 0 aromatic heterocycles. The summed E-state index contributed by atoms with van der Waals surface area (Å²) in [5.41, 5.74) is 2.61. The fourth-order valence-electron chi connectivity index (χ4n) is 3.28. The van der Waals surface area contributed by atoms with Gasteiger partial charge in [-0.2, -0.15) is 0 Å². The Morgan fingerprint density at radius 3 is 2.76 bits per heavy atom. The fraction of sp³-hybridized carbons (Fsp3) is 0.364. The number of amides is 2. The largest absolute Gasteiger partial charge is 0.497 e. The van der Waals surface area contributed by atoms with Gasteiger partial charge in [0.1, 0.15) is 24.1 Å². The van der Waals surface area contributed by atoms with E-state index in [1.54, 1.807) is 26.4 Å². The predicted octanol–water partition coefficient (Wildman–Crippen LogP) is 2.63. The van der Waals surface area contributed by atoms with E-state index in [4.69, 9.17) is 14.2 Å². The van der Waals surface area contributed by atoms with Crippen molar-refractivity contribution in [2.24, 2.45) is 0 Å². The van der Waals surface area contributed by atoms with Crippen LogP contribution in [0.3, 0.4) is 0 Å². The molecule has 0 aliphatic carbocycles. The van der Waals surface area contributed by atoms with Crippen molar-refractivity contribution < 1.29 is 23.8 Å². The van der Waals surface area contributed by atoms with Crippen LogP contribution in [0.1, 0.15) is 18.1 Å². The quantitative estimate of drug-likeness (QED) is 0.776. The van der Waals surface area contributed by atoms with E-state index < -0.39 is 6.04 Å². The minimum atomic E-state index is -0.728. The van der Waals surface area contributed by atoms with Crippen LogP contribution in [0.15, 0.2) is 42.5 Å². The third-order valence-corrected chi connectivity index (χ3v) is 4.94. The maximum Gasteiger partial charge on any atom is 0.249 e. The monoisotopic (exact) mass is 398 g/mol. The maximum atomic E-state index is 12.9. The molecule has 1 heterocycles. The van der Waals surface area contributed by atoms with E-state index in [0.717, 1.165) is 17.5 Å². The number of methoxy groups -OCH3 is 2.